The van der Waals surface area contributed by atoms with Crippen LogP contribution in [0.15, 0.2) is 34.0 Å². The molecule has 0 radical (unpaired) electrons. The van der Waals surface area contributed by atoms with Crippen molar-refractivity contribution in [3.63, 3.8) is 0 Å². The molecule has 0 aliphatic heterocycles. The molecule has 0 saturated carbocycles. The van der Waals surface area contributed by atoms with Gasteiger partial charge in [-0.3, -0.25) is 0 Å². The van der Waals surface area contributed by atoms with E-state index >= 15 is 0 Å². The second-order valence-electron chi connectivity index (χ2n) is 2.41. The average Bonchev–Trinajstić information content (AvgIpc) is 2.53. The van der Waals surface area contributed by atoms with Crippen LogP contribution < -0.4 is 0 Å². The SMILES string of the molecule is Sc1nc(-c2ccc(Cl)cc2)no1. The van der Waals surface area contributed by atoms with E-state index in [1.165, 1.54) is 0 Å². The molecule has 0 spiro atoms. The first kappa shape index (κ1) is 8.59. The van der Waals surface area contributed by atoms with Crippen LogP contribution in [0.5, 0.6) is 0 Å². The van der Waals surface area contributed by atoms with Crippen LogP contribution in [0.2, 0.25) is 5.02 Å². The molecular formula is C8H5ClN2OS. The predicted molar refractivity (Wildman–Crippen MR) is 52.0 cm³/mol. The maximum atomic E-state index is 5.72. The first-order chi connectivity index (χ1) is 6.25. The summed E-state index contributed by atoms with van der Waals surface area (Å²) in [5.74, 6) is 0.515. The summed E-state index contributed by atoms with van der Waals surface area (Å²) >= 11 is 9.63. The van der Waals surface area contributed by atoms with Gasteiger partial charge in [0.1, 0.15) is 0 Å². The van der Waals surface area contributed by atoms with Gasteiger partial charge >= 0.3 is 0 Å². The van der Waals surface area contributed by atoms with Gasteiger partial charge in [-0.25, -0.2) is 0 Å². The highest BCUT2D eigenvalue weighted by Gasteiger charge is 2.04. The van der Waals surface area contributed by atoms with Crippen molar-refractivity contribution >= 4 is 24.2 Å². The quantitative estimate of drug-likeness (QED) is 0.739. The van der Waals surface area contributed by atoms with Crippen molar-refractivity contribution < 1.29 is 4.52 Å². The zero-order valence-electron chi connectivity index (χ0n) is 6.44. The minimum atomic E-state index is 0.255. The Labute approximate surface area is 85.1 Å². The van der Waals surface area contributed by atoms with Crippen LogP contribution in [-0.2, 0) is 0 Å². The molecule has 0 bridgehead atoms. The molecule has 0 N–H and O–H groups in total. The smallest absolute Gasteiger partial charge is 0.282 e. The van der Waals surface area contributed by atoms with E-state index < -0.39 is 0 Å². The van der Waals surface area contributed by atoms with Gasteiger partial charge in [-0.15, -0.1) is 0 Å². The van der Waals surface area contributed by atoms with Crippen molar-refractivity contribution in [2.45, 2.75) is 5.22 Å². The van der Waals surface area contributed by atoms with Crippen LogP contribution in [0, 0.1) is 0 Å². The average molecular weight is 213 g/mol. The van der Waals surface area contributed by atoms with Gasteiger partial charge in [-0.1, -0.05) is 29.4 Å². The normalized spacial score (nSPS) is 10.3. The highest BCUT2D eigenvalue weighted by atomic mass is 35.5. The molecule has 3 nitrogen and oxygen atoms in total. The third kappa shape index (κ3) is 1.84. The second kappa shape index (κ2) is 3.40. The van der Waals surface area contributed by atoms with Crippen molar-refractivity contribution in [3.8, 4) is 11.4 Å². The molecule has 5 heteroatoms. The molecule has 13 heavy (non-hydrogen) atoms. The summed E-state index contributed by atoms with van der Waals surface area (Å²) in [5, 5.41) is 4.64. The van der Waals surface area contributed by atoms with Crippen molar-refractivity contribution in [2.24, 2.45) is 0 Å². The first-order valence-electron chi connectivity index (χ1n) is 3.54. The Kier molecular flexibility index (Phi) is 2.24. The Hall–Kier alpha value is -1.00. The van der Waals surface area contributed by atoms with E-state index in [0.29, 0.717) is 10.8 Å². The number of thiol groups is 1. The highest BCUT2D eigenvalue weighted by Crippen LogP contribution is 2.19. The molecule has 0 atom stereocenters. The molecule has 1 aromatic heterocycles. The van der Waals surface area contributed by atoms with E-state index in [-0.39, 0.29) is 5.22 Å². The van der Waals surface area contributed by atoms with E-state index in [0.717, 1.165) is 5.56 Å². The lowest BCUT2D eigenvalue weighted by Gasteiger charge is -1.92. The van der Waals surface area contributed by atoms with E-state index in [4.69, 9.17) is 16.1 Å². The molecule has 2 rings (SSSR count). The van der Waals surface area contributed by atoms with E-state index in [1.807, 2.05) is 12.1 Å². The lowest BCUT2D eigenvalue weighted by atomic mass is 10.2. The number of benzene rings is 1. The molecule has 0 aliphatic rings. The summed E-state index contributed by atoms with van der Waals surface area (Å²) in [7, 11) is 0. The fourth-order valence-corrected chi connectivity index (χ4v) is 1.19. The molecule has 66 valence electrons. The van der Waals surface area contributed by atoms with Gasteiger partial charge in [0.2, 0.25) is 5.82 Å². The van der Waals surface area contributed by atoms with Crippen molar-refractivity contribution in [1.29, 1.82) is 0 Å². The van der Waals surface area contributed by atoms with Gasteiger partial charge in [0, 0.05) is 10.6 Å². The van der Waals surface area contributed by atoms with E-state index in [2.05, 4.69) is 22.8 Å². The Morgan fingerprint density at radius 3 is 2.46 bits per heavy atom. The maximum absolute atomic E-state index is 5.72. The fraction of sp³-hybridized carbons (Fsp3) is 0. The Morgan fingerprint density at radius 1 is 1.23 bits per heavy atom. The minimum Gasteiger partial charge on any atom is -0.327 e. The summed E-state index contributed by atoms with van der Waals surface area (Å²) < 4.78 is 4.72. The molecule has 0 amide bonds. The Bertz CT molecular complexity index is 412. The van der Waals surface area contributed by atoms with Gasteiger partial charge in [0.05, 0.1) is 0 Å². The number of halogens is 1. The first-order valence-corrected chi connectivity index (χ1v) is 4.37. The monoisotopic (exact) mass is 212 g/mol. The molecule has 0 aliphatic carbocycles. The van der Waals surface area contributed by atoms with Gasteiger partial charge in [-0.2, -0.15) is 4.98 Å². The van der Waals surface area contributed by atoms with Gasteiger partial charge in [-0.05, 0) is 24.3 Å². The summed E-state index contributed by atoms with van der Waals surface area (Å²) in [4.78, 5) is 3.95. The van der Waals surface area contributed by atoms with Gasteiger partial charge < -0.3 is 4.52 Å². The topological polar surface area (TPSA) is 38.9 Å². The zero-order valence-corrected chi connectivity index (χ0v) is 8.09. The number of hydrogen-bond acceptors (Lipinski definition) is 4. The number of aromatic nitrogens is 2. The van der Waals surface area contributed by atoms with Crippen molar-refractivity contribution in [1.82, 2.24) is 10.1 Å². The molecule has 0 saturated heterocycles. The van der Waals surface area contributed by atoms with Crippen LogP contribution in [-0.4, -0.2) is 10.1 Å². The minimum absolute atomic E-state index is 0.255. The molecule has 2 aromatic rings. The third-order valence-electron chi connectivity index (χ3n) is 1.52. The highest BCUT2D eigenvalue weighted by molar-refractivity contribution is 7.80. The molecule has 0 unspecified atom stereocenters. The van der Waals surface area contributed by atoms with Crippen molar-refractivity contribution in [3.05, 3.63) is 29.3 Å². The van der Waals surface area contributed by atoms with Gasteiger partial charge in [0.15, 0.2) is 0 Å². The number of nitrogens with zero attached hydrogens (tertiary/aromatic N) is 2. The summed E-state index contributed by atoms with van der Waals surface area (Å²) in [6.07, 6.45) is 0. The lowest BCUT2D eigenvalue weighted by molar-refractivity contribution is 0.343. The molecular weight excluding hydrogens is 208 g/mol. The third-order valence-corrected chi connectivity index (χ3v) is 1.95. The number of rotatable bonds is 1. The van der Waals surface area contributed by atoms with Crippen LogP contribution in [0.4, 0.5) is 0 Å². The Morgan fingerprint density at radius 2 is 1.92 bits per heavy atom. The lowest BCUT2D eigenvalue weighted by Crippen LogP contribution is -1.78. The van der Waals surface area contributed by atoms with Crippen LogP contribution in [0.25, 0.3) is 11.4 Å². The van der Waals surface area contributed by atoms with Crippen LogP contribution in [0.1, 0.15) is 0 Å². The number of hydrogen-bond donors (Lipinski definition) is 1. The summed E-state index contributed by atoms with van der Waals surface area (Å²) in [6, 6.07) is 7.18. The Balaban J connectivity index is 2.41. The standard InChI is InChI=1S/C8H5ClN2OS/c9-6-3-1-5(2-4-6)7-10-8(13)12-11-7/h1-4H,(H,10,11,13). The van der Waals surface area contributed by atoms with E-state index in [1.54, 1.807) is 12.1 Å². The molecule has 1 heterocycles. The van der Waals surface area contributed by atoms with E-state index in [9.17, 15) is 0 Å². The second-order valence-corrected chi connectivity index (χ2v) is 3.23. The van der Waals surface area contributed by atoms with Crippen LogP contribution >= 0.6 is 24.2 Å². The molecule has 1 aromatic carbocycles. The fourth-order valence-electron chi connectivity index (χ4n) is 0.932. The van der Waals surface area contributed by atoms with Crippen LogP contribution in [0.3, 0.4) is 0 Å². The molecule has 0 fully saturated rings. The summed E-state index contributed by atoms with van der Waals surface area (Å²) in [6.45, 7) is 0. The zero-order chi connectivity index (χ0) is 9.26. The predicted octanol–water partition coefficient (Wildman–Crippen LogP) is 2.68. The van der Waals surface area contributed by atoms with Crippen molar-refractivity contribution in [2.75, 3.05) is 0 Å². The largest absolute Gasteiger partial charge is 0.327 e. The summed E-state index contributed by atoms with van der Waals surface area (Å²) in [5.41, 5.74) is 0.855. The van der Waals surface area contributed by atoms with Gasteiger partial charge in [0.25, 0.3) is 5.22 Å². The maximum Gasteiger partial charge on any atom is 0.282 e.